The van der Waals surface area contributed by atoms with Crippen LogP contribution in [0.25, 0.3) is 0 Å². The van der Waals surface area contributed by atoms with Crippen molar-refractivity contribution < 1.29 is 0 Å². The number of hydrogen-bond acceptors (Lipinski definition) is 2. The molecule has 19 heavy (non-hydrogen) atoms. The van der Waals surface area contributed by atoms with E-state index in [1.165, 1.54) is 5.56 Å². The van der Waals surface area contributed by atoms with Gasteiger partial charge in [0, 0.05) is 18.1 Å². The summed E-state index contributed by atoms with van der Waals surface area (Å²) in [6.45, 7) is 13.3. The molecule has 0 saturated heterocycles. The van der Waals surface area contributed by atoms with Crippen LogP contribution in [0.2, 0.25) is 5.02 Å². The van der Waals surface area contributed by atoms with E-state index < -0.39 is 0 Å². The summed E-state index contributed by atoms with van der Waals surface area (Å²) in [5.41, 5.74) is 2.26. The van der Waals surface area contributed by atoms with Gasteiger partial charge >= 0.3 is 0 Å². The fourth-order valence-corrected chi connectivity index (χ4v) is 2.33. The van der Waals surface area contributed by atoms with E-state index in [9.17, 15) is 0 Å². The van der Waals surface area contributed by atoms with E-state index in [1.807, 2.05) is 19.2 Å². The minimum Gasteiger partial charge on any atom is -0.362 e. The fraction of sp³-hybridized carbons (Fsp3) is 0.500. The first-order valence-electron chi connectivity index (χ1n) is 6.66. The second kappa shape index (κ2) is 6.44. The van der Waals surface area contributed by atoms with E-state index in [-0.39, 0.29) is 5.54 Å². The van der Waals surface area contributed by atoms with Crippen molar-refractivity contribution in [3.63, 3.8) is 0 Å². The van der Waals surface area contributed by atoms with Crippen molar-refractivity contribution in [3.8, 4) is 0 Å². The Morgan fingerprint density at radius 3 is 2.47 bits per heavy atom. The Morgan fingerprint density at radius 2 is 2.05 bits per heavy atom. The average Bonchev–Trinajstić information content (AvgIpc) is 2.34. The van der Waals surface area contributed by atoms with Gasteiger partial charge in [0.25, 0.3) is 0 Å². The zero-order valence-corrected chi connectivity index (χ0v) is 13.4. The Kier molecular flexibility index (Phi) is 5.45. The van der Waals surface area contributed by atoms with Gasteiger partial charge in [-0.25, -0.2) is 0 Å². The molecule has 0 heterocycles. The molecule has 2 nitrogen and oxygen atoms in total. The van der Waals surface area contributed by atoms with Gasteiger partial charge in [0.1, 0.15) is 0 Å². The predicted octanol–water partition coefficient (Wildman–Crippen LogP) is 4.41. The summed E-state index contributed by atoms with van der Waals surface area (Å²) < 4.78 is 0. The number of halogens is 1. The van der Waals surface area contributed by atoms with Gasteiger partial charge in [0.2, 0.25) is 0 Å². The van der Waals surface area contributed by atoms with E-state index in [4.69, 9.17) is 11.6 Å². The molecule has 1 aromatic carbocycles. The van der Waals surface area contributed by atoms with Crippen LogP contribution < -0.4 is 10.2 Å². The first kappa shape index (κ1) is 16.1. The van der Waals surface area contributed by atoms with Crippen LogP contribution in [0.1, 0.15) is 39.3 Å². The van der Waals surface area contributed by atoms with Gasteiger partial charge in [-0.2, -0.15) is 0 Å². The molecule has 1 unspecified atom stereocenters. The van der Waals surface area contributed by atoms with Crippen LogP contribution in [0.3, 0.4) is 0 Å². The molecule has 3 heteroatoms. The summed E-state index contributed by atoms with van der Waals surface area (Å²) >= 11 is 6.46. The van der Waals surface area contributed by atoms with E-state index in [2.05, 4.69) is 56.6 Å². The molecular weight excluding hydrogens is 256 g/mol. The normalized spacial score (nSPS) is 13.2. The van der Waals surface area contributed by atoms with Crippen molar-refractivity contribution in [2.75, 3.05) is 18.5 Å². The molecule has 0 radical (unpaired) electrons. The van der Waals surface area contributed by atoms with E-state index in [0.29, 0.717) is 6.04 Å². The highest BCUT2D eigenvalue weighted by Gasteiger charge is 2.22. The van der Waals surface area contributed by atoms with Crippen LogP contribution in [0.4, 0.5) is 5.69 Å². The lowest BCUT2D eigenvalue weighted by atomic mass is 10.0. The number of nitrogens with one attached hydrogen (secondary N) is 1. The maximum atomic E-state index is 6.46. The lowest BCUT2D eigenvalue weighted by Gasteiger charge is -2.37. The largest absolute Gasteiger partial charge is 0.362 e. The molecule has 0 spiro atoms. The SMILES string of the molecule is C=CCN(c1ccc(C(C)NC)cc1Cl)C(C)(C)C. The summed E-state index contributed by atoms with van der Waals surface area (Å²) in [7, 11) is 1.95. The molecule has 106 valence electrons. The highest BCUT2D eigenvalue weighted by atomic mass is 35.5. The first-order chi connectivity index (χ1) is 8.81. The molecule has 0 bridgehead atoms. The Hall–Kier alpha value is -0.990. The van der Waals surface area contributed by atoms with Gasteiger partial charge < -0.3 is 10.2 Å². The van der Waals surface area contributed by atoms with E-state index >= 15 is 0 Å². The van der Waals surface area contributed by atoms with Crippen LogP contribution in [0, 0.1) is 0 Å². The van der Waals surface area contributed by atoms with Gasteiger partial charge in [0.15, 0.2) is 0 Å². The summed E-state index contributed by atoms with van der Waals surface area (Å²) in [5.74, 6) is 0. The molecule has 0 aliphatic rings. The predicted molar refractivity (Wildman–Crippen MR) is 86.2 cm³/mol. The number of rotatable bonds is 5. The summed E-state index contributed by atoms with van der Waals surface area (Å²) in [4.78, 5) is 2.26. The lowest BCUT2D eigenvalue weighted by molar-refractivity contribution is 0.522. The average molecular weight is 281 g/mol. The quantitative estimate of drug-likeness (QED) is 0.804. The van der Waals surface area contributed by atoms with Crippen molar-refractivity contribution >= 4 is 17.3 Å². The molecular formula is C16H25ClN2. The first-order valence-corrected chi connectivity index (χ1v) is 7.04. The van der Waals surface area contributed by atoms with Crippen molar-refractivity contribution in [2.45, 2.75) is 39.3 Å². The summed E-state index contributed by atoms with van der Waals surface area (Å²) in [5, 5.41) is 4.01. The maximum absolute atomic E-state index is 6.46. The van der Waals surface area contributed by atoms with Gasteiger partial charge in [-0.15, -0.1) is 6.58 Å². The number of benzene rings is 1. The minimum absolute atomic E-state index is 0.00791. The van der Waals surface area contributed by atoms with Crippen LogP contribution in [-0.2, 0) is 0 Å². The van der Waals surface area contributed by atoms with Crippen molar-refractivity contribution in [3.05, 3.63) is 41.4 Å². The smallest absolute Gasteiger partial charge is 0.0643 e. The van der Waals surface area contributed by atoms with Crippen LogP contribution >= 0.6 is 11.6 Å². The van der Waals surface area contributed by atoms with Crippen LogP contribution in [0.5, 0.6) is 0 Å². The second-order valence-electron chi connectivity index (χ2n) is 5.79. The van der Waals surface area contributed by atoms with Crippen molar-refractivity contribution in [2.24, 2.45) is 0 Å². The molecule has 0 aromatic heterocycles. The molecule has 1 aromatic rings. The minimum atomic E-state index is 0.00791. The fourth-order valence-electron chi connectivity index (χ4n) is 2.04. The number of hydrogen-bond donors (Lipinski definition) is 1. The van der Waals surface area contributed by atoms with Crippen molar-refractivity contribution in [1.29, 1.82) is 0 Å². The monoisotopic (exact) mass is 280 g/mol. The zero-order valence-electron chi connectivity index (χ0n) is 12.6. The highest BCUT2D eigenvalue weighted by Crippen LogP contribution is 2.33. The third-order valence-electron chi connectivity index (χ3n) is 3.32. The second-order valence-corrected chi connectivity index (χ2v) is 6.20. The third-order valence-corrected chi connectivity index (χ3v) is 3.62. The third kappa shape index (κ3) is 3.99. The van der Waals surface area contributed by atoms with E-state index in [1.54, 1.807) is 0 Å². The molecule has 0 aliphatic carbocycles. The van der Waals surface area contributed by atoms with Crippen LogP contribution in [-0.4, -0.2) is 19.1 Å². The van der Waals surface area contributed by atoms with Gasteiger partial charge in [0.05, 0.1) is 10.7 Å². The molecule has 1 rings (SSSR count). The van der Waals surface area contributed by atoms with E-state index in [0.717, 1.165) is 17.3 Å². The van der Waals surface area contributed by atoms with Crippen molar-refractivity contribution in [1.82, 2.24) is 5.32 Å². The molecule has 0 fully saturated rings. The zero-order chi connectivity index (χ0) is 14.6. The Bertz CT molecular complexity index is 435. The summed E-state index contributed by atoms with van der Waals surface area (Å²) in [6, 6.07) is 6.57. The highest BCUT2D eigenvalue weighted by molar-refractivity contribution is 6.33. The van der Waals surface area contributed by atoms with Gasteiger partial charge in [-0.05, 0) is 52.4 Å². The molecule has 0 amide bonds. The topological polar surface area (TPSA) is 15.3 Å². The molecule has 0 saturated carbocycles. The number of anilines is 1. The van der Waals surface area contributed by atoms with Crippen LogP contribution in [0.15, 0.2) is 30.9 Å². The Labute approximate surface area is 122 Å². The summed E-state index contributed by atoms with van der Waals surface area (Å²) in [6.07, 6.45) is 1.91. The lowest BCUT2D eigenvalue weighted by Crippen LogP contribution is -2.41. The number of nitrogens with zero attached hydrogens (tertiary/aromatic N) is 1. The Morgan fingerprint density at radius 1 is 1.42 bits per heavy atom. The Balaban J connectivity index is 3.15. The molecule has 0 aliphatic heterocycles. The van der Waals surface area contributed by atoms with Gasteiger partial charge in [-0.1, -0.05) is 23.7 Å². The molecule has 1 atom stereocenters. The standard InChI is InChI=1S/C16H25ClN2/c1-7-10-19(16(3,4)5)15-9-8-13(11-14(15)17)12(2)18-6/h7-9,11-12,18H,1,10H2,2-6H3. The molecule has 1 N–H and O–H groups in total. The van der Waals surface area contributed by atoms with Gasteiger partial charge in [-0.3, -0.25) is 0 Å². The maximum Gasteiger partial charge on any atom is 0.0643 e.